The third-order valence-electron chi connectivity index (χ3n) is 5.46. The van der Waals surface area contributed by atoms with E-state index in [2.05, 4.69) is 0 Å². The van der Waals surface area contributed by atoms with Gasteiger partial charge in [0.1, 0.15) is 5.82 Å². The molecule has 4 rings (SSSR count). The van der Waals surface area contributed by atoms with E-state index in [4.69, 9.17) is 0 Å². The van der Waals surface area contributed by atoms with Crippen LogP contribution in [0.3, 0.4) is 0 Å². The highest BCUT2D eigenvalue weighted by Gasteiger charge is 2.34. The Morgan fingerprint density at radius 1 is 1.00 bits per heavy atom. The van der Waals surface area contributed by atoms with Crippen molar-refractivity contribution in [3.63, 3.8) is 0 Å². The van der Waals surface area contributed by atoms with Crippen LogP contribution < -0.4 is 0 Å². The van der Waals surface area contributed by atoms with Crippen LogP contribution in [0.15, 0.2) is 66.7 Å². The SMILES string of the molecule is O=C(Cc1cccc2ccccc12)N(Cc1ccc(F)cc1)C1CCS(=O)(=O)C1. The van der Waals surface area contributed by atoms with Crippen LogP contribution in [0.1, 0.15) is 17.5 Å². The second-order valence-electron chi connectivity index (χ2n) is 7.52. The lowest BCUT2D eigenvalue weighted by molar-refractivity contribution is -0.133. The third kappa shape index (κ3) is 4.48. The summed E-state index contributed by atoms with van der Waals surface area (Å²) in [4.78, 5) is 14.9. The molecule has 0 N–H and O–H groups in total. The number of halogens is 1. The number of amides is 1. The first-order chi connectivity index (χ1) is 13.9. The predicted molar refractivity (Wildman–Crippen MR) is 112 cm³/mol. The van der Waals surface area contributed by atoms with E-state index in [1.54, 1.807) is 17.0 Å². The van der Waals surface area contributed by atoms with E-state index in [-0.39, 0.29) is 42.2 Å². The first kappa shape index (κ1) is 19.6. The Labute approximate surface area is 169 Å². The van der Waals surface area contributed by atoms with Gasteiger partial charge in [-0.2, -0.15) is 0 Å². The normalized spacial score (nSPS) is 18.0. The van der Waals surface area contributed by atoms with E-state index >= 15 is 0 Å². The molecule has 150 valence electrons. The van der Waals surface area contributed by atoms with Gasteiger partial charge in [-0.05, 0) is 40.5 Å². The van der Waals surface area contributed by atoms with Gasteiger partial charge in [-0.25, -0.2) is 12.8 Å². The predicted octanol–water partition coefficient (Wildman–Crippen LogP) is 3.74. The lowest BCUT2D eigenvalue weighted by Gasteiger charge is -2.29. The Kier molecular flexibility index (Phi) is 5.37. The Morgan fingerprint density at radius 3 is 2.45 bits per heavy atom. The van der Waals surface area contributed by atoms with Gasteiger partial charge in [0.05, 0.1) is 17.9 Å². The fourth-order valence-corrected chi connectivity index (χ4v) is 5.67. The summed E-state index contributed by atoms with van der Waals surface area (Å²) in [6.07, 6.45) is 0.629. The zero-order valence-corrected chi connectivity index (χ0v) is 16.7. The Balaban J connectivity index is 1.62. The maximum atomic E-state index is 13.3. The fraction of sp³-hybridized carbons (Fsp3) is 0.261. The zero-order chi connectivity index (χ0) is 20.4. The van der Waals surface area contributed by atoms with Crippen molar-refractivity contribution in [2.45, 2.75) is 25.4 Å². The van der Waals surface area contributed by atoms with Crippen molar-refractivity contribution in [2.75, 3.05) is 11.5 Å². The molecule has 1 atom stereocenters. The van der Waals surface area contributed by atoms with E-state index in [1.165, 1.54) is 12.1 Å². The highest BCUT2D eigenvalue weighted by Crippen LogP contribution is 2.24. The van der Waals surface area contributed by atoms with Crippen LogP contribution in [0.25, 0.3) is 10.8 Å². The van der Waals surface area contributed by atoms with Crippen molar-refractivity contribution in [3.8, 4) is 0 Å². The molecular formula is C23H22FNO3S. The smallest absolute Gasteiger partial charge is 0.227 e. The molecule has 0 spiro atoms. The number of rotatable bonds is 5. The van der Waals surface area contributed by atoms with E-state index in [0.717, 1.165) is 21.9 Å². The maximum absolute atomic E-state index is 13.3. The number of benzene rings is 3. The van der Waals surface area contributed by atoms with Crippen LogP contribution in [0.4, 0.5) is 4.39 Å². The number of hydrogen-bond acceptors (Lipinski definition) is 3. The molecule has 1 heterocycles. The van der Waals surface area contributed by atoms with Crippen LogP contribution in [-0.4, -0.2) is 36.8 Å². The molecule has 1 unspecified atom stereocenters. The zero-order valence-electron chi connectivity index (χ0n) is 15.9. The van der Waals surface area contributed by atoms with Crippen molar-refractivity contribution >= 4 is 26.5 Å². The number of nitrogens with zero attached hydrogens (tertiary/aromatic N) is 1. The molecule has 0 saturated carbocycles. The van der Waals surface area contributed by atoms with Crippen LogP contribution in [0, 0.1) is 5.82 Å². The number of hydrogen-bond donors (Lipinski definition) is 0. The molecule has 0 aromatic heterocycles. The Bertz CT molecular complexity index is 1140. The standard InChI is InChI=1S/C23H22FNO3S/c24-20-10-8-17(9-11-20)15-25(21-12-13-29(27,28)16-21)23(26)14-19-6-3-5-18-4-1-2-7-22(18)19/h1-11,21H,12-16H2. The average molecular weight is 411 g/mol. The molecule has 29 heavy (non-hydrogen) atoms. The third-order valence-corrected chi connectivity index (χ3v) is 7.21. The molecule has 6 heteroatoms. The number of carbonyl (C=O) groups excluding carboxylic acids is 1. The van der Waals surface area contributed by atoms with Gasteiger partial charge in [0, 0.05) is 12.6 Å². The van der Waals surface area contributed by atoms with Crippen molar-refractivity contribution in [1.82, 2.24) is 4.90 Å². The second kappa shape index (κ2) is 7.95. The lowest BCUT2D eigenvalue weighted by Crippen LogP contribution is -2.41. The van der Waals surface area contributed by atoms with Crippen LogP contribution in [0.2, 0.25) is 0 Å². The average Bonchev–Trinajstić information content (AvgIpc) is 3.07. The first-order valence-corrected chi connectivity index (χ1v) is 11.4. The molecule has 1 saturated heterocycles. The van der Waals surface area contributed by atoms with E-state index in [1.807, 2.05) is 42.5 Å². The van der Waals surface area contributed by atoms with Gasteiger partial charge in [-0.1, -0.05) is 54.6 Å². The molecule has 1 fully saturated rings. The summed E-state index contributed by atoms with van der Waals surface area (Å²) >= 11 is 0. The number of sulfone groups is 1. The minimum Gasteiger partial charge on any atom is -0.334 e. The monoisotopic (exact) mass is 411 g/mol. The summed E-state index contributed by atoms with van der Waals surface area (Å²) in [6, 6.07) is 19.4. The molecule has 3 aromatic rings. The quantitative estimate of drug-likeness (QED) is 0.643. The molecule has 1 amide bonds. The van der Waals surface area contributed by atoms with Gasteiger partial charge >= 0.3 is 0 Å². The van der Waals surface area contributed by atoms with Gasteiger partial charge in [-0.3, -0.25) is 4.79 Å². The van der Waals surface area contributed by atoms with Crippen molar-refractivity contribution in [3.05, 3.63) is 83.7 Å². The summed E-state index contributed by atoms with van der Waals surface area (Å²) in [5.74, 6) is -0.382. The largest absolute Gasteiger partial charge is 0.334 e. The van der Waals surface area contributed by atoms with Gasteiger partial charge in [0.25, 0.3) is 0 Å². The Hall–Kier alpha value is -2.73. The highest BCUT2D eigenvalue weighted by atomic mass is 32.2. The molecular weight excluding hydrogens is 389 g/mol. The summed E-state index contributed by atoms with van der Waals surface area (Å²) in [7, 11) is -3.13. The summed E-state index contributed by atoms with van der Waals surface area (Å²) in [5.41, 5.74) is 1.69. The number of fused-ring (bicyclic) bond motifs is 1. The topological polar surface area (TPSA) is 54.5 Å². The molecule has 0 aliphatic carbocycles. The maximum Gasteiger partial charge on any atom is 0.227 e. The van der Waals surface area contributed by atoms with E-state index < -0.39 is 9.84 Å². The van der Waals surface area contributed by atoms with Crippen LogP contribution in [-0.2, 0) is 27.6 Å². The van der Waals surface area contributed by atoms with E-state index in [9.17, 15) is 17.6 Å². The van der Waals surface area contributed by atoms with Crippen molar-refractivity contribution in [2.24, 2.45) is 0 Å². The molecule has 4 nitrogen and oxygen atoms in total. The minimum atomic E-state index is -3.13. The summed E-state index contributed by atoms with van der Waals surface area (Å²) in [5, 5.41) is 2.08. The van der Waals surface area contributed by atoms with E-state index in [0.29, 0.717) is 6.42 Å². The van der Waals surface area contributed by atoms with Crippen molar-refractivity contribution < 1.29 is 17.6 Å². The molecule has 0 radical (unpaired) electrons. The van der Waals surface area contributed by atoms with Crippen molar-refractivity contribution in [1.29, 1.82) is 0 Å². The minimum absolute atomic E-state index is 0.0184. The van der Waals surface area contributed by atoms with Crippen LogP contribution >= 0.6 is 0 Å². The van der Waals surface area contributed by atoms with Gasteiger partial charge in [0.2, 0.25) is 5.91 Å². The summed E-state index contributed by atoms with van der Waals surface area (Å²) in [6.45, 7) is 0.268. The number of carbonyl (C=O) groups is 1. The van der Waals surface area contributed by atoms with Gasteiger partial charge < -0.3 is 4.90 Å². The van der Waals surface area contributed by atoms with Gasteiger partial charge in [0.15, 0.2) is 9.84 Å². The molecule has 0 bridgehead atoms. The Morgan fingerprint density at radius 2 is 1.72 bits per heavy atom. The highest BCUT2D eigenvalue weighted by molar-refractivity contribution is 7.91. The molecule has 3 aromatic carbocycles. The lowest BCUT2D eigenvalue weighted by atomic mass is 10.0. The van der Waals surface area contributed by atoms with Crippen LogP contribution in [0.5, 0.6) is 0 Å². The summed E-state index contributed by atoms with van der Waals surface area (Å²) < 4.78 is 37.3. The first-order valence-electron chi connectivity index (χ1n) is 9.62. The fourth-order valence-electron chi connectivity index (χ4n) is 3.94. The second-order valence-corrected chi connectivity index (χ2v) is 9.75. The molecule has 1 aliphatic rings. The molecule has 1 aliphatic heterocycles. The van der Waals surface area contributed by atoms with Gasteiger partial charge in [-0.15, -0.1) is 0 Å².